The van der Waals surface area contributed by atoms with E-state index in [1.807, 2.05) is 38.1 Å². The van der Waals surface area contributed by atoms with Gasteiger partial charge < -0.3 is 8.92 Å². The molecule has 51 heavy (non-hydrogen) atoms. The first-order valence-corrected chi connectivity index (χ1v) is 19.1. The number of para-hydroxylation sites is 1. The number of carbonyl (C=O) groups is 1. The van der Waals surface area contributed by atoms with Gasteiger partial charge >= 0.3 is 21.8 Å². The number of aryl methyl sites for hydroxylation is 1. The number of hydrogen-bond acceptors (Lipinski definition) is 9. The molecule has 0 saturated heterocycles. The van der Waals surface area contributed by atoms with Crippen molar-refractivity contribution in [2.75, 3.05) is 30.8 Å². The summed E-state index contributed by atoms with van der Waals surface area (Å²) in [5.41, 5.74) is 6.94. The minimum absolute atomic E-state index is 0.0126. The highest BCUT2D eigenvalue weighted by Gasteiger charge is 2.34. The summed E-state index contributed by atoms with van der Waals surface area (Å²) >= 11 is 0. The van der Waals surface area contributed by atoms with Crippen LogP contribution in [0.15, 0.2) is 107 Å². The summed E-state index contributed by atoms with van der Waals surface area (Å²) in [5, 5.41) is 0. The molecule has 0 aliphatic rings. The zero-order valence-electron chi connectivity index (χ0n) is 29.4. The Hall–Kier alpha value is -5.04. The molecule has 0 atom stereocenters. The van der Waals surface area contributed by atoms with Crippen molar-refractivity contribution in [3.05, 3.63) is 129 Å². The molecular weight excluding hydrogens is 700 g/mol. The van der Waals surface area contributed by atoms with Gasteiger partial charge in [-0.1, -0.05) is 54.6 Å². The number of carbonyl (C=O) groups excluding carboxylic acids is 1. The standard InChI is InChI=1S/C37H42FN2O9S2/c1-8-48-36(41)21-19-30-18-20-32(25-33(30)38)39(51(45,46)35-15-10-9-14-34(35)40(42)47-6)23-22-29-12-11-13-31(24-29)37(26(2)3)27(4)16-17-28(5)49-50(7,43)44/h9-15,17-18,20,24-25H,5,8,19,21-23H2,1-4,6-7H3/q+1. The van der Waals surface area contributed by atoms with Crippen LogP contribution in [0.2, 0.25) is 0 Å². The highest BCUT2D eigenvalue weighted by Crippen LogP contribution is 2.32. The molecule has 0 aliphatic heterocycles. The third kappa shape index (κ3) is 11.2. The Morgan fingerprint density at radius 3 is 2.33 bits per heavy atom. The fourth-order valence-corrected chi connectivity index (χ4v) is 7.32. The molecule has 0 fully saturated rings. The molecule has 0 radical (unpaired) electrons. The molecule has 3 aromatic carbocycles. The highest BCUT2D eigenvalue weighted by molar-refractivity contribution is 7.93. The lowest BCUT2D eigenvalue weighted by atomic mass is 9.93. The zero-order valence-corrected chi connectivity index (χ0v) is 31.1. The second-order valence-electron chi connectivity index (χ2n) is 11.6. The van der Waals surface area contributed by atoms with E-state index < -0.39 is 31.9 Å². The average molecular weight is 742 g/mol. The third-order valence-corrected chi connectivity index (χ3v) is 9.82. The van der Waals surface area contributed by atoms with Crippen LogP contribution in [-0.2, 0) is 51.5 Å². The minimum Gasteiger partial charge on any atom is -0.466 e. The molecule has 0 saturated carbocycles. The monoisotopic (exact) mass is 741 g/mol. The molecule has 14 heteroatoms. The van der Waals surface area contributed by atoms with Crippen molar-refractivity contribution in [2.24, 2.45) is 0 Å². The SMILES string of the molecule is C=C(C=C=C(C)C(=C(C)C)c1cccc(CCN(c2ccc(CCC(=O)OCC)c(F)c2)S(=O)(=O)c2ccccc2[N+](=O)OC)c1)OS(C)(=O)=O. The first kappa shape index (κ1) is 40.4. The molecule has 0 aromatic heterocycles. The van der Waals surface area contributed by atoms with Gasteiger partial charge in [-0.2, -0.15) is 8.42 Å². The van der Waals surface area contributed by atoms with Gasteiger partial charge in [0.2, 0.25) is 0 Å². The average Bonchev–Trinajstić information content (AvgIpc) is 3.06. The summed E-state index contributed by atoms with van der Waals surface area (Å²) in [5.74, 6) is -1.29. The molecule has 3 aromatic rings. The van der Waals surface area contributed by atoms with E-state index in [2.05, 4.69) is 12.3 Å². The number of sulfonamides is 1. The van der Waals surface area contributed by atoms with Gasteiger partial charge in [-0.3, -0.25) is 9.10 Å². The summed E-state index contributed by atoms with van der Waals surface area (Å²) in [6.45, 7) is 10.9. The van der Waals surface area contributed by atoms with Crippen LogP contribution in [0, 0.1) is 10.7 Å². The van der Waals surface area contributed by atoms with Gasteiger partial charge in [0.15, 0.2) is 12.0 Å². The van der Waals surface area contributed by atoms with Crippen LogP contribution in [0.4, 0.5) is 15.8 Å². The molecule has 11 nitrogen and oxygen atoms in total. The van der Waals surface area contributed by atoms with Crippen molar-refractivity contribution in [1.82, 2.24) is 0 Å². The van der Waals surface area contributed by atoms with Gasteiger partial charge in [-0.25, -0.2) is 17.6 Å². The Kier molecular flexibility index (Phi) is 14.1. The Balaban J connectivity index is 2.05. The fourth-order valence-electron chi connectivity index (χ4n) is 5.27. The number of nitrogens with zero attached hydrogens (tertiary/aromatic N) is 2. The van der Waals surface area contributed by atoms with E-state index in [1.54, 1.807) is 13.8 Å². The molecule has 0 unspecified atom stereocenters. The number of allylic oxidation sites excluding steroid dienone is 3. The van der Waals surface area contributed by atoms with E-state index in [4.69, 9.17) is 13.8 Å². The molecule has 0 aliphatic carbocycles. The minimum atomic E-state index is -4.47. The largest absolute Gasteiger partial charge is 0.466 e. The third-order valence-electron chi connectivity index (χ3n) is 7.43. The maximum atomic E-state index is 15.4. The Morgan fingerprint density at radius 1 is 1.00 bits per heavy atom. The normalized spacial score (nSPS) is 11.1. The van der Waals surface area contributed by atoms with Crippen LogP contribution in [0.3, 0.4) is 0 Å². The molecule has 272 valence electrons. The molecule has 0 heterocycles. The summed E-state index contributed by atoms with van der Waals surface area (Å²) in [7, 11) is -7.11. The van der Waals surface area contributed by atoms with Gasteiger partial charge in [-0.05, 0) is 86.6 Å². The van der Waals surface area contributed by atoms with Crippen molar-refractivity contribution < 1.29 is 44.7 Å². The lowest BCUT2D eigenvalue weighted by Crippen LogP contribution is -2.33. The van der Waals surface area contributed by atoms with Crippen LogP contribution in [0.25, 0.3) is 5.57 Å². The lowest BCUT2D eigenvalue weighted by molar-refractivity contribution is -0.738. The smallest absolute Gasteiger partial charge is 0.337 e. The summed E-state index contributed by atoms with van der Waals surface area (Å²) in [6.07, 6.45) is 2.44. The second-order valence-corrected chi connectivity index (χ2v) is 15.0. The van der Waals surface area contributed by atoms with Gasteiger partial charge in [0.05, 0.1) is 23.5 Å². The van der Waals surface area contributed by atoms with Crippen LogP contribution in [0.1, 0.15) is 50.8 Å². The summed E-state index contributed by atoms with van der Waals surface area (Å²) < 4.78 is 77.7. The molecule has 0 bridgehead atoms. The van der Waals surface area contributed by atoms with E-state index in [0.717, 1.165) is 46.0 Å². The molecular formula is C37H42FN2O9S2+. The van der Waals surface area contributed by atoms with Gasteiger partial charge in [0.25, 0.3) is 14.9 Å². The molecule has 0 spiro atoms. The first-order chi connectivity index (χ1) is 24.0. The molecule has 3 rings (SSSR count). The van der Waals surface area contributed by atoms with Crippen molar-refractivity contribution >= 4 is 43.1 Å². The van der Waals surface area contributed by atoms with Gasteiger partial charge in [0.1, 0.15) is 11.6 Å². The Morgan fingerprint density at radius 2 is 1.71 bits per heavy atom. The Bertz CT molecular complexity index is 2110. The van der Waals surface area contributed by atoms with E-state index in [-0.39, 0.29) is 64.9 Å². The zero-order chi connectivity index (χ0) is 37.9. The summed E-state index contributed by atoms with van der Waals surface area (Å²) in [6, 6.07) is 16.9. The number of ether oxygens (including phenoxy) is 1. The lowest BCUT2D eigenvalue weighted by Gasteiger charge is -2.25. The van der Waals surface area contributed by atoms with Crippen molar-refractivity contribution in [2.45, 2.75) is 51.9 Å². The van der Waals surface area contributed by atoms with E-state index in [9.17, 15) is 26.5 Å². The maximum Gasteiger partial charge on any atom is 0.337 e. The van der Waals surface area contributed by atoms with Crippen LogP contribution < -0.4 is 4.31 Å². The summed E-state index contributed by atoms with van der Waals surface area (Å²) in [4.78, 5) is 28.9. The first-order valence-electron chi connectivity index (χ1n) is 15.8. The quantitative estimate of drug-likeness (QED) is 0.0354. The second kappa shape index (κ2) is 17.8. The number of benzene rings is 3. The number of hydrogen-bond donors (Lipinski definition) is 0. The van der Waals surface area contributed by atoms with Crippen LogP contribution in [0.5, 0.6) is 0 Å². The van der Waals surface area contributed by atoms with Crippen LogP contribution >= 0.6 is 0 Å². The number of esters is 1. The van der Waals surface area contributed by atoms with E-state index in [0.29, 0.717) is 5.57 Å². The Labute approximate surface area is 299 Å². The predicted molar refractivity (Wildman–Crippen MR) is 193 cm³/mol. The van der Waals surface area contributed by atoms with E-state index in [1.165, 1.54) is 42.5 Å². The maximum absolute atomic E-state index is 15.4. The number of rotatable bonds is 17. The number of anilines is 1. The predicted octanol–water partition coefficient (Wildman–Crippen LogP) is 7.12. The number of halogens is 1. The van der Waals surface area contributed by atoms with Crippen molar-refractivity contribution in [1.29, 1.82) is 0 Å². The van der Waals surface area contributed by atoms with E-state index >= 15 is 4.39 Å². The van der Waals surface area contributed by atoms with Crippen LogP contribution in [-0.4, -0.2) is 54.2 Å². The van der Waals surface area contributed by atoms with Gasteiger partial charge in [0, 0.05) is 25.1 Å². The molecule has 0 N–H and O–H groups in total. The highest BCUT2D eigenvalue weighted by atomic mass is 32.2. The molecule has 0 amide bonds. The topological polar surface area (TPSA) is 136 Å². The van der Waals surface area contributed by atoms with Crippen molar-refractivity contribution in [3.8, 4) is 0 Å². The van der Waals surface area contributed by atoms with Gasteiger partial charge in [-0.15, -0.1) is 5.73 Å². The fraction of sp³-hybridized carbons (Fsp3) is 0.297. The van der Waals surface area contributed by atoms with Crippen molar-refractivity contribution in [3.63, 3.8) is 0 Å².